The average Bonchev–Trinajstić information content (AvgIpc) is 2.89. The molecule has 1 amide bonds. The lowest BCUT2D eigenvalue weighted by Gasteiger charge is -2.07. The lowest BCUT2D eigenvalue weighted by atomic mass is 10.1. The fourth-order valence-electron chi connectivity index (χ4n) is 2.13. The summed E-state index contributed by atoms with van der Waals surface area (Å²) in [4.78, 5) is 12.4. The van der Waals surface area contributed by atoms with Gasteiger partial charge in [-0.25, -0.2) is 0 Å². The summed E-state index contributed by atoms with van der Waals surface area (Å²) in [6.45, 7) is 1.75. The number of amides is 1. The number of nitrogens with one attached hydrogen (secondary N) is 1. The number of carbonyl (C=O) groups excluding carboxylic acids is 1. The molecule has 23 heavy (non-hydrogen) atoms. The van der Waals surface area contributed by atoms with Gasteiger partial charge in [-0.1, -0.05) is 40.5 Å². The molecule has 0 atom stereocenters. The first-order valence-electron chi connectivity index (χ1n) is 6.84. The zero-order valence-electron chi connectivity index (χ0n) is 12.1. The SMILES string of the molecule is Cc1noc(-c2ccccc2Cl)c1NC(=O)c1ccc(Cl)cc1. The third-order valence-electron chi connectivity index (χ3n) is 3.33. The molecule has 0 unspecified atom stereocenters. The Balaban J connectivity index is 1.95. The molecular formula is C17H12Cl2N2O2. The third-order valence-corrected chi connectivity index (χ3v) is 3.91. The maximum Gasteiger partial charge on any atom is 0.255 e. The van der Waals surface area contributed by atoms with Crippen molar-refractivity contribution >= 4 is 34.8 Å². The van der Waals surface area contributed by atoms with Gasteiger partial charge >= 0.3 is 0 Å². The van der Waals surface area contributed by atoms with E-state index in [0.717, 1.165) is 0 Å². The molecule has 0 fully saturated rings. The topological polar surface area (TPSA) is 55.1 Å². The molecule has 0 bridgehead atoms. The molecule has 116 valence electrons. The number of aryl methyl sites for hydroxylation is 1. The molecule has 0 saturated heterocycles. The van der Waals surface area contributed by atoms with Crippen LogP contribution < -0.4 is 5.32 Å². The monoisotopic (exact) mass is 346 g/mol. The van der Waals surface area contributed by atoms with Gasteiger partial charge in [-0.3, -0.25) is 4.79 Å². The quantitative estimate of drug-likeness (QED) is 0.708. The Morgan fingerprint density at radius 3 is 2.48 bits per heavy atom. The Morgan fingerprint density at radius 2 is 1.78 bits per heavy atom. The summed E-state index contributed by atoms with van der Waals surface area (Å²) < 4.78 is 5.35. The van der Waals surface area contributed by atoms with Crippen molar-refractivity contribution in [3.05, 3.63) is 69.8 Å². The Hall–Kier alpha value is -2.30. The van der Waals surface area contributed by atoms with Gasteiger partial charge in [0, 0.05) is 16.1 Å². The van der Waals surface area contributed by atoms with E-state index in [-0.39, 0.29) is 5.91 Å². The van der Waals surface area contributed by atoms with Crippen LogP contribution in [0.1, 0.15) is 16.1 Å². The molecule has 6 heteroatoms. The molecule has 0 spiro atoms. The third kappa shape index (κ3) is 3.23. The number of benzene rings is 2. The number of carbonyl (C=O) groups is 1. The standard InChI is InChI=1S/C17H12Cl2N2O2/c1-10-15(20-17(22)11-6-8-12(18)9-7-11)16(23-21-10)13-4-2-3-5-14(13)19/h2-9H,1H3,(H,20,22). The second kappa shape index (κ2) is 6.44. The van der Waals surface area contributed by atoms with E-state index in [4.69, 9.17) is 27.7 Å². The van der Waals surface area contributed by atoms with E-state index in [1.165, 1.54) is 0 Å². The number of hydrogen-bond acceptors (Lipinski definition) is 3. The molecule has 0 aliphatic heterocycles. The minimum Gasteiger partial charge on any atom is -0.354 e. The van der Waals surface area contributed by atoms with Crippen LogP contribution in [0.3, 0.4) is 0 Å². The summed E-state index contributed by atoms with van der Waals surface area (Å²) in [7, 11) is 0. The van der Waals surface area contributed by atoms with Crippen LogP contribution in [0.25, 0.3) is 11.3 Å². The number of hydrogen-bond donors (Lipinski definition) is 1. The minimum absolute atomic E-state index is 0.277. The Bertz CT molecular complexity index is 857. The van der Waals surface area contributed by atoms with Crippen LogP contribution >= 0.6 is 23.2 Å². The van der Waals surface area contributed by atoms with Gasteiger partial charge in [0.15, 0.2) is 5.76 Å². The van der Waals surface area contributed by atoms with Crippen LogP contribution in [0.5, 0.6) is 0 Å². The molecule has 2 aromatic carbocycles. The van der Waals surface area contributed by atoms with Gasteiger partial charge in [0.1, 0.15) is 11.4 Å². The summed E-state index contributed by atoms with van der Waals surface area (Å²) in [6.07, 6.45) is 0. The average molecular weight is 347 g/mol. The molecule has 1 heterocycles. The van der Waals surface area contributed by atoms with Crippen molar-refractivity contribution in [2.45, 2.75) is 6.92 Å². The fourth-order valence-corrected chi connectivity index (χ4v) is 2.48. The predicted molar refractivity (Wildman–Crippen MR) is 91.1 cm³/mol. The number of rotatable bonds is 3. The number of anilines is 1. The molecule has 0 radical (unpaired) electrons. The van der Waals surface area contributed by atoms with Gasteiger partial charge in [0.25, 0.3) is 5.91 Å². The molecule has 3 aromatic rings. The van der Waals surface area contributed by atoms with E-state index in [1.807, 2.05) is 12.1 Å². The molecule has 1 aromatic heterocycles. The van der Waals surface area contributed by atoms with Crippen molar-refractivity contribution in [3.63, 3.8) is 0 Å². The number of halogens is 2. The van der Waals surface area contributed by atoms with E-state index in [1.54, 1.807) is 43.3 Å². The minimum atomic E-state index is -0.277. The van der Waals surface area contributed by atoms with Crippen molar-refractivity contribution in [2.24, 2.45) is 0 Å². The molecule has 1 N–H and O–H groups in total. The Kier molecular flexibility index (Phi) is 4.37. The van der Waals surface area contributed by atoms with Crippen LogP contribution in [0, 0.1) is 6.92 Å². The molecule has 3 rings (SSSR count). The second-order valence-electron chi connectivity index (χ2n) is 4.91. The molecule has 0 aliphatic rings. The maximum absolute atomic E-state index is 12.4. The van der Waals surface area contributed by atoms with Gasteiger partial charge in [-0.15, -0.1) is 0 Å². The van der Waals surface area contributed by atoms with Crippen molar-refractivity contribution in [1.82, 2.24) is 5.16 Å². The van der Waals surface area contributed by atoms with Crippen LogP contribution in [0.15, 0.2) is 53.1 Å². The van der Waals surface area contributed by atoms with E-state index < -0.39 is 0 Å². The highest BCUT2D eigenvalue weighted by atomic mass is 35.5. The first-order chi connectivity index (χ1) is 11.1. The molecular weight excluding hydrogens is 335 g/mol. The smallest absolute Gasteiger partial charge is 0.255 e. The maximum atomic E-state index is 12.4. The number of aromatic nitrogens is 1. The van der Waals surface area contributed by atoms with Gasteiger partial charge in [-0.2, -0.15) is 0 Å². The van der Waals surface area contributed by atoms with Gasteiger partial charge in [0.05, 0.1) is 5.02 Å². The molecule has 0 saturated carbocycles. The zero-order chi connectivity index (χ0) is 16.4. The van der Waals surface area contributed by atoms with Crippen molar-refractivity contribution in [2.75, 3.05) is 5.32 Å². The van der Waals surface area contributed by atoms with E-state index in [9.17, 15) is 4.79 Å². The van der Waals surface area contributed by atoms with Gasteiger partial charge in [-0.05, 0) is 43.3 Å². The van der Waals surface area contributed by atoms with Crippen molar-refractivity contribution < 1.29 is 9.32 Å². The first-order valence-corrected chi connectivity index (χ1v) is 7.60. The lowest BCUT2D eigenvalue weighted by Crippen LogP contribution is -2.12. The summed E-state index contributed by atoms with van der Waals surface area (Å²) in [5.41, 5.74) is 2.22. The highest BCUT2D eigenvalue weighted by molar-refractivity contribution is 6.33. The zero-order valence-corrected chi connectivity index (χ0v) is 13.7. The lowest BCUT2D eigenvalue weighted by molar-refractivity contribution is 0.102. The summed E-state index contributed by atoms with van der Waals surface area (Å²) in [5.74, 6) is 0.150. The van der Waals surface area contributed by atoms with Crippen LogP contribution in [-0.4, -0.2) is 11.1 Å². The van der Waals surface area contributed by atoms with Crippen molar-refractivity contribution in [3.8, 4) is 11.3 Å². The summed E-state index contributed by atoms with van der Waals surface area (Å²) in [6, 6.07) is 13.8. The first kappa shape index (κ1) is 15.6. The van der Waals surface area contributed by atoms with Gasteiger partial charge < -0.3 is 9.84 Å². The molecule has 0 aliphatic carbocycles. The normalized spacial score (nSPS) is 10.6. The highest BCUT2D eigenvalue weighted by Crippen LogP contribution is 2.35. The Morgan fingerprint density at radius 1 is 1.09 bits per heavy atom. The largest absolute Gasteiger partial charge is 0.354 e. The summed E-state index contributed by atoms with van der Waals surface area (Å²) in [5, 5.41) is 7.84. The van der Waals surface area contributed by atoms with Gasteiger partial charge in [0.2, 0.25) is 0 Å². The van der Waals surface area contributed by atoms with Crippen LogP contribution in [-0.2, 0) is 0 Å². The second-order valence-corrected chi connectivity index (χ2v) is 5.76. The summed E-state index contributed by atoms with van der Waals surface area (Å²) >= 11 is 12.0. The predicted octanol–water partition coefficient (Wildman–Crippen LogP) is 5.21. The van der Waals surface area contributed by atoms with Crippen molar-refractivity contribution in [1.29, 1.82) is 0 Å². The van der Waals surface area contributed by atoms with E-state index in [0.29, 0.717) is 38.3 Å². The fraction of sp³-hybridized carbons (Fsp3) is 0.0588. The Labute approximate surface area is 143 Å². The number of nitrogens with zero attached hydrogens (tertiary/aromatic N) is 1. The van der Waals surface area contributed by atoms with Crippen LogP contribution in [0.4, 0.5) is 5.69 Å². The van der Waals surface area contributed by atoms with Crippen LogP contribution in [0.2, 0.25) is 10.0 Å². The highest BCUT2D eigenvalue weighted by Gasteiger charge is 2.19. The molecule has 4 nitrogen and oxygen atoms in total. The van der Waals surface area contributed by atoms with E-state index in [2.05, 4.69) is 10.5 Å². The van der Waals surface area contributed by atoms with E-state index >= 15 is 0 Å².